The van der Waals surface area contributed by atoms with Crippen LogP contribution in [0.25, 0.3) is 0 Å². The second-order valence-electron chi connectivity index (χ2n) is 4.41. The third kappa shape index (κ3) is 4.21. The summed E-state index contributed by atoms with van der Waals surface area (Å²) in [5, 5.41) is 8.99. The molecule has 1 atom stereocenters. The molecule has 3 heteroatoms. The third-order valence-corrected chi connectivity index (χ3v) is 2.61. The number of aryl methyl sites for hydroxylation is 1. The monoisotopic (exact) mass is 223 g/mol. The van der Waals surface area contributed by atoms with Crippen molar-refractivity contribution in [1.82, 2.24) is 0 Å². The van der Waals surface area contributed by atoms with E-state index in [1.165, 1.54) is 5.56 Å². The zero-order chi connectivity index (χ0) is 12.0. The van der Waals surface area contributed by atoms with Gasteiger partial charge in [0.25, 0.3) is 0 Å². The molecule has 1 aromatic carbocycles. The number of rotatable bonds is 6. The summed E-state index contributed by atoms with van der Waals surface area (Å²) in [5.74, 6) is 0.869. The fraction of sp³-hybridized carbons (Fsp3) is 0.538. The Morgan fingerprint density at radius 3 is 2.81 bits per heavy atom. The zero-order valence-corrected chi connectivity index (χ0v) is 10.1. The second kappa shape index (κ2) is 5.87. The zero-order valence-electron chi connectivity index (χ0n) is 10.1. The number of benzene rings is 1. The van der Waals surface area contributed by atoms with Gasteiger partial charge in [-0.2, -0.15) is 0 Å². The van der Waals surface area contributed by atoms with Gasteiger partial charge in [-0.3, -0.25) is 0 Å². The van der Waals surface area contributed by atoms with Gasteiger partial charge in [-0.1, -0.05) is 19.1 Å². The Kier molecular flexibility index (Phi) is 4.77. The van der Waals surface area contributed by atoms with Crippen LogP contribution in [-0.4, -0.2) is 23.9 Å². The first kappa shape index (κ1) is 13.0. The van der Waals surface area contributed by atoms with Crippen molar-refractivity contribution in [1.29, 1.82) is 0 Å². The summed E-state index contributed by atoms with van der Waals surface area (Å²) in [6, 6.07) is 8.04. The van der Waals surface area contributed by atoms with E-state index in [0.717, 1.165) is 12.2 Å². The molecular weight excluding hydrogens is 202 g/mol. The number of hydrogen-bond acceptors (Lipinski definition) is 3. The van der Waals surface area contributed by atoms with Gasteiger partial charge in [0.2, 0.25) is 0 Å². The van der Waals surface area contributed by atoms with Gasteiger partial charge >= 0.3 is 0 Å². The summed E-state index contributed by atoms with van der Waals surface area (Å²) in [5.41, 5.74) is 6.51. The lowest BCUT2D eigenvalue weighted by Crippen LogP contribution is -2.41. The van der Waals surface area contributed by atoms with Gasteiger partial charge in [0.15, 0.2) is 0 Å². The molecule has 1 aromatic rings. The Hall–Kier alpha value is -1.06. The molecule has 3 N–H and O–H groups in total. The van der Waals surface area contributed by atoms with Gasteiger partial charge in [-0.05, 0) is 31.0 Å². The molecule has 0 saturated heterocycles. The first-order valence-electron chi connectivity index (χ1n) is 5.69. The average molecular weight is 223 g/mol. The molecule has 0 aliphatic rings. The molecule has 3 nitrogen and oxygen atoms in total. The lowest BCUT2D eigenvalue weighted by atomic mass is 10.0. The van der Waals surface area contributed by atoms with Crippen molar-refractivity contribution in [3.05, 3.63) is 29.8 Å². The van der Waals surface area contributed by atoms with Crippen LogP contribution in [0.4, 0.5) is 0 Å². The topological polar surface area (TPSA) is 55.5 Å². The highest BCUT2D eigenvalue weighted by molar-refractivity contribution is 5.28. The van der Waals surface area contributed by atoms with Crippen LogP contribution in [0, 0.1) is 0 Å². The molecule has 0 heterocycles. The van der Waals surface area contributed by atoms with Crippen LogP contribution < -0.4 is 10.5 Å². The number of aliphatic hydroxyl groups is 1. The predicted octanol–water partition coefficient (Wildman–Crippen LogP) is 1.73. The first-order chi connectivity index (χ1) is 7.57. The standard InChI is InChI=1S/C13H21NO2/c1-3-11-5-4-6-12(9-11)16-8-7-13(2,14)10-15/h4-6,9,15H,3,7-8,10,14H2,1-2H3. The molecule has 0 spiro atoms. The largest absolute Gasteiger partial charge is 0.494 e. The third-order valence-electron chi connectivity index (χ3n) is 2.61. The molecule has 0 bridgehead atoms. The quantitative estimate of drug-likeness (QED) is 0.772. The van der Waals surface area contributed by atoms with Crippen molar-refractivity contribution < 1.29 is 9.84 Å². The van der Waals surface area contributed by atoms with E-state index in [-0.39, 0.29) is 6.61 Å². The average Bonchev–Trinajstić information content (AvgIpc) is 2.29. The van der Waals surface area contributed by atoms with Gasteiger partial charge in [-0.25, -0.2) is 0 Å². The van der Waals surface area contributed by atoms with Crippen molar-refractivity contribution in [2.75, 3.05) is 13.2 Å². The van der Waals surface area contributed by atoms with Gasteiger partial charge in [0.05, 0.1) is 13.2 Å². The van der Waals surface area contributed by atoms with Crippen molar-refractivity contribution in [2.45, 2.75) is 32.2 Å². The van der Waals surface area contributed by atoms with Crippen molar-refractivity contribution in [2.24, 2.45) is 5.73 Å². The van der Waals surface area contributed by atoms with Crippen LogP contribution in [0.15, 0.2) is 24.3 Å². The van der Waals surface area contributed by atoms with Crippen LogP contribution >= 0.6 is 0 Å². The van der Waals surface area contributed by atoms with Gasteiger partial charge in [0.1, 0.15) is 5.75 Å². The molecule has 1 unspecified atom stereocenters. The van der Waals surface area contributed by atoms with Crippen molar-refractivity contribution in [3.63, 3.8) is 0 Å². The molecule has 1 rings (SSSR count). The predicted molar refractivity (Wildman–Crippen MR) is 65.6 cm³/mol. The number of ether oxygens (including phenoxy) is 1. The van der Waals surface area contributed by atoms with Crippen LogP contribution in [0.3, 0.4) is 0 Å². The maximum Gasteiger partial charge on any atom is 0.119 e. The summed E-state index contributed by atoms with van der Waals surface area (Å²) in [6.45, 7) is 4.44. The number of nitrogens with two attached hydrogens (primary N) is 1. The fourth-order valence-electron chi connectivity index (χ4n) is 1.34. The maximum absolute atomic E-state index is 8.99. The molecule has 90 valence electrons. The summed E-state index contributed by atoms with van der Waals surface area (Å²) in [4.78, 5) is 0. The van der Waals surface area contributed by atoms with E-state index >= 15 is 0 Å². The van der Waals surface area contributed by atoms with Crippen molar-refractivity contribution in [3.8, 4) is 5.75 Å². The van der Waals surface area contributed by atoms with Crippen molar-refractivity contribution >= 4 is 0 Å². The molecule has 0 aliphatic carbocycles. The molecule has 0 saturated carbocycles. The summed E-state index contributed by atoms with van der Waals surface area (Å²) in [7, 11) is 0. The highest BCUT2D eigenvalue weighted by Crippen LogP contribution is 2.15. The highest BCUT2D eigenvalue weighted by atomic mass is 16.5. The summed E-state index contributed by atoms with van der Waals surface area (Å²) < 4.78 is 5.60. The SMILES string of the molecule is CCc1cccc(OCCC(C)(N)CO)c1. The Labute approximate surface area is 97.2 Å². The minimum atomic E-state index is -0.553. The molecule has 0 aromatic heterocycles. The second-order valence-corrected chi connectivity index (χ2v) is 4.41. The van der Waals surface area contributed by atoms with E-state index in [1.807, 2.05) is 25.1 Å². The Morgan fingerprint density at radius 2 is 2.19 bits per heavy atom. The van der Waals surface area contributed by atoms with Crippen LogP contribution in [0.1, 0.15) is 25.8 Å². The fourth-order valence-corrected chi connectivity index (χ4v) is 1.34. The van der Waals surface area contributed by atoms with Gasteiger partial charge in [-0.15, -0.1) is 0 Å². The summed E-state index contributed by atoms with van der Waals surface area (Å²) >= 11 is 0. The minimum absolute atomic E-state index is 0.0225. The normalized spacial score (nSPS) is 14.5. The molecule has 0 amide bonds. The van der Waals surface area contributed by atoms with Gasteiger partial charge in [0, 0.05) is 12.0 Å². The Morgan fingerprint density at radius 1 is 1.44 bits per heavy atom. The lowest BCUT2D eigenvalue weighted by Gasteiger charge is -2.21. The maximum atomic E-state index is 8.99. The molecule has 0 fully saturated rings. The smallest absolute Gasteiger partial charge is 0.119 e. The van der Waals surface area contributed by atoms with Crippen LogP contribution in [0.5, 0.6) is 5.75 Å². The van der Waals surface area contributed by atoms with Crippen LogP contribution in [-0.2, 0) is 6.42 Å². The highest BCUT2D eigenvalue weighted by Gasteiger charge is 2.16. The number of hydrogen-bond donors (Lipinski definition) is 2. The minimum Gasteiger partial charge on any atom is -0.494 e. The van der Waals surface area contributed by atoms with E-state index in [9.17, 15) is 0 Å². The van der Waals surface area contributed by atoms with Gasteiger partial charge < -0.3 is 15.6 Å². The summed E-state index contributed by atoms with van der Waals surface area (Å²) in [6.07, 6.45) is 1.64. The van der Waals surface area contributed by atoms with E-state index < -0.39 is 5.54 Å². The van der Waals surface area contributed by atoms with E-state index in [4.69, 9.17) is 15.6 Å². The molecular formula is C13H21NO2. The van der Waals surface area contributed by atoms with E-state index in [0.29, 0.717) is 13.0 Å². The van der Waals surface area contributed by atoms with Crippen LogP contribution in [0.2, 0.25) is 0 Å². The molecule has 0 radical (unpaired) electrons. The first-order valence-corrected chi connectivity index (χ1v) is 5.69. The Balaban J connectivity index is 2.42. The number of aliphatic hydroxyl groups excluding tert-OH is 1. The van der Waals surface area contributed by atoms with E-state index in [1.54, 1.807) is 0 Å². The molecule has 0 aliphatic heterocycles. The molecule has 16 heavy (non-hydrogen) atoms. The Bertz CT molecular complexity index is 323. The van der Waals surface area contributed by atoms with E-state index in [2.05, 4.69) is 13.0 Å². The lowest BCUT2D eigenvalue weighted by molar-refractivity contribution is 0.175.